The number of carbonyl (C=O) groups is 1. The molecule has 0 aliphatic carbocycles. The van der Waals surface area contributed by atoms with Gasteiger partial charge in [0, 0.05) is 52.9 Å². The van der Waals surface area contributed by atoms with Gasteiger partial charge in [-0.1, -0.05) is 36.4 Å². The number of benzene rings is 2. The Morgan fingerprint density at radius 2 is 1.64 bits per heavy atom. The van der Waals surface area contributed by atoms with Crippen molar-refractivity contribution in [1.29, 1.82) is 0 Å². The highest BCUT2D eigenvalue weighted by Crippen LogP contribution is 2.31. The number of amides is 1. The average Bonchev–Trinajstić information content (AvgIpc) is 2.82. The van der Waals surface area contributed by atoms with Gasteiger partial charge in [-0.25, -0.2) is 9.97 Å². The van der Waals surface area contributed by atoms with E-state index in [1.54, 1.807) is 36.9 Å². The summed E-state index contributed by atoms with van der Waals surface area (Å²) >= 11 is 0. The molecule has 0 bridgehead atoms. The van der Waals surface area contributed by atoms with Crippen molar-refractivity contribution >= 4 is 27.9 Å². The van der Waals surface area contributed by atoms with Crippen molar-refractivity contribution < 1.29 is 18.0 Å². The Bertz CT molecular complexity index is 1330. The molecule has 33 heavy (non-hydrogen) atoms. The maximum absolute atomic E-state index is 12.9. The van der Waals surface area contributed by atoms with E-state index in [9.17, 15) is 18.0 Å². The van der Waals surface area contributed by atoms with E-state index < -0.39 is 11.7 Å². The second-order valence-corrected chi connectivity index (χ2v) is 7.03. The number of hydrogen-bond acceptors (Lipinski definition) is 4. The third kappa shape index (κ3) is 5.30. The van der Waals surface area contributed by atoms with E-state index in [1.807, 2.05) is 18.2 Å². The van der Waals surface area contributed by atoms with E-state index in [2.05, 4.69) is 20.3 Å². The van der Waals surface area contributed by atoms with E-state index in [1.165, 1.54) is 30.6 Å². The molecule has 8 heteroatoms. The van der Waals surface area contributed by atoms with E-state index in [-0.39, 0.29) is 5.91 Å². The van der Waals surface area contributed by atoms with Crippen LogP contribution in [-0.2, 0) is 11.0 Å². The summed E-state index contributed by atoms with van der Waals surface area (Å²) in [6, 6.07) is 12.1. The molecule has 1 amide bonds. The summed E-state index contributed by atoms with van der Waals surface area (Å²) < 4.78 is 38.8. The maximum Gasteiger partial charge on any atom is 0.416 e. The van der Waals surface area contributed by atoms with Crippen molar-refractivity contribution in [2.45, 2.75) is 6.18 Å². The van der Waals surface area contributed by atoms with Crippen molar-refractivity contribution in [3.63, 3.8) is 0 Å². The third-order valence-corrected chi connectivity index (χ3v) is 4.84. The zero-order chi connectivity index (χ0) is 23.3. The van der Waals surface area contributed by atoms with Crippen molar-refractivity contribution in [3.05, 3.63) is 115 Å². The highest BCUT2D eigenvalue weighted by atomic mass is 19.4. The number of fused-ring (bicyclic) bond motifs is 1. The summed E-state index contributed by atoms with van der Waals surface area (Å²) in [6.45, 7) is 0. The highest BCUT2D eigenvalue weighted by molar-refractivity contribution is 6.06. The summed E-state index contributed by atoms with van der Waals surface area (Å²) in [4.78, 5) is 24.5. The van der Waals surface area contributed by atoms with Crippen molar-refractivity contribution in [3.8, 4) is 0 Å². The fourth-order valence-electron chi connectivity index (χ4n) is 3.27. The SMILES string of the molecule is O=C(/C=C/C=C(/c1ccc(C(F)(F)F)cc1)c1cncnc1)Nc1cccc2cnccc12. The van der Waals surface area contributed by atoms with E-state index in [0.717, 1.165) is 22.9 Å². The first-order chi connectivity index (χ1) is 15.9. The van der Waals surface area contributed by atoms with Crippen LogP contribution in [0.25, 0.3) is 16.3 Å². The van der Waals surface area contributed by atoms with Gasteiger partial charge in [-0.15, -0.1) is 0 Å². The summed E-state index contributed by atoms with van der Waals surface area (Å²) in [5.41, 5.74) is 1.61. The number of rotatable bonds is 5. The first kappa shape index (κ1) is 21.9. The molecule has 0 aliphatic rings. The molecular formula is C25H17F3N4O. The van der Waals surface area contributed by atoms with Gasteiger partial charge in [-0.3, -0.25) is 9.78 Å². The molecule has 0 radical (unpaired) electrons. The quantitative estimate of drug-likeness (QED) is 0.317. The summed E-state index contributed by atoms with van der Waals surface area (Å²) in [5.74, 6) is -0.355. The van der Waals surface area contributed by atoms with Crippen molar-refractivity contribution in [2.24, 2.45) is 0 Å². The Hall–Kier alpha value is -4.33. The molecule has 1 N–H and O–H groups in total. The lowest BCUT2D eigenvalue weighted by Gasteiger charge is -2.10. The molecule has 2 aromatic heterocycles. The molecule has 4 aromatic rings. The van der Waals surface area contributed by atoms with Gasteiger partial charge in [0.25, 0.3) is 0 Å². The second kappa shape index (κ2) is 9.44. The normalized spacial score (nSPS) is 12.3. The van der Waals surface area contributed by atoms with Gasteiger partial charge in [0.15, 0.2) is 0 Å². The standard InChI is InChI=1S/C25H17F3N4O/c26-25(27,28)20-9-7-17(8-10-20)21(19-14-30-16-31-15-19)4-2-6-24(33)32-23-5-1-3-18-13-29-12-11-22(18)23/h1-16H,(H,32,33)/b6-2+,21-4-. The van der Waals surface area contributed by atoms with Crippen LogP contribution in [0.4, 0.5) is 18.9 Å². The van der Waals surface area contributed by atoms with Gasteiger partial charge in [0.1, 0.15) is 6.33 Å². The molecule has 0 fully saturated rings. The Labute approximate surface area is 187 Å². The summed E-state index contributed by atoms with van der Waals surface area (Å²) in [5, 5.41) is 4.58. The molecule has 0 atom stereocenters. The highest BCUT2D eigenvalue weighted by Gasteiger charge is 2.30. The van der Waals surface area contributed by atoms with Gasteiger partial charge >= 0.3 is 6.18 Å². The lowest BCUT2D eigenvalue weighted by Crippen LogP contribution is -2.08. The molecule has 0 saturated heterocycles. The fraction of sp³-hybridized carbons (Fsp3) is 0.0400. The van der Waals surface area contributed by atoms with E-state index in [4.69, 9.17) is 0 Å². The first-order valence-electron chi connectivity index (χ1n) is 9.87. The zero-order valence-electron chi connectivity index (χ0n) is 17.1. The van der Waals surface area contributed by atoms with Crippen LogP contribution in [0.15, 0.2) is 97.9 Å². The molecule has 0 spiro atoms. The molecule has 2 heterocycles. The minimum Gasteiger partial charge on any atom is -0.322 e. The third-order valence-electron chi connectivity index (χ3n) is 4.84. The number of alkyl halides is 3. The van der Waals surface area contributed by atoms with Gasteiger partial charge < -0.3 is 5.32 Å². The molecular weight excluding hydrogens is 429 g/mol. The number of carbonyl (C=O) groups excluding carboxylic acids is 1. The number of pyridine rings is 1. The first-order valence-corrected chi connectivity index (χ1v) is 9.87. The molecule has 0 saturated carbocycles. The van der Waals surface area contributed by atoms with Crippen LogP contribution in [0.3, 0.4) is 0 Å². The number of anilines is 1. The van der Waals surface area contributed by atoms with Crippen molar-refractivity contribution in [1.82, 2.24) is 15.0 Å². The number of nitrogens with one attached hydrogen (secondary N) is 1. The maximum atomic E-state index is 12.9. The van der Waals surface area contributed by atoms with Gasteiger partial charge in [-0.2, -0.15) is 13.2 Å². The predicted octanol–water partition coefficient (Wildman–Crippen LogP) is 5.67. The Kier molecular flexibility index (Phi) is 6.26. The lowest BCUT2D eigenvalue weighted by molar-refractivity contribution is -0.137. The number of allylic oxidation sites excluding steroid dienone is 2. The fourth-order valence-corrected chi connectivity index (χ4v) is 3.27. The minimum atomic E-state index is -4.42. The van der Waals surface area contributed by atoms with Crippen LogP contribution in [0.5, 0.6) is 0 Å². The molecule has 5 nitrogen and oxygen atoms in total. The van der Waals surface area contributed by atoms with Crippen LogP contribution >= 0.6 is 0 Å². The lowest BCUT2D eigenvalue weighted by atomic mass is 9.98. The zero-order valence-corrected chi connectivity index (χ0v) is 17.1. The van der Waals surface area contributed by atoms with Crippen LogP contribution in [0.2, 0.25) is 0 Å². The van der Waals surface area contributed by atoms with E-state index in [0.29, 0.717) is 22.4 Å². The summed E-state index contributed by atoms with van der Waals surface area (Å²) in [6.07, 6.45) is 7.90. The second-order valence-electron chi connectivity index (χ2n) is 7.03. The predicted molar refractivity (Wildman–Crippen MR) is 120 cm³/mol. The molecule has 4 rings (SSSR count). The minimum absolute atomic E-state index is 0.355. The Balaban J connectivity index is 1.59. The Morgan fingerprint density at radius 1 is 0.879 bits per heavy atom. The number of aromatic nitrogens is 3. The van der Waals surface area contributed by atoms with Crippen molar-refractivity contribution in [2.75, 3.05) is 5.32 Å². The smallest absolute Gasteiger partial charge is 0.322 e. The van der Waals surface area contributed by atoms with E-state index >= 15 is 0 Å². The largest absolute Gasteiger partial charge is 0.416 e. The van der Waals surface area contributed by atoms with Crippen LogP contribution in [-0.4, -0.2) is 20.9 Å². The molecule has 164 valence electrons. The van der Waals surface area contributed by atoms with Crippen LogP contribution in [0, 0.1) is 0 Å². The van der Waals surface area contributed by atoms with Crippen LogP contribution < -0.4 is 5.32 Å². The van der Waals surface area contributed by atoms with Crippen LogP contribution in [0.1, 0.15) is 16.7 Å². The Morgan fingerprint density at radius 3 is 2.36 bits per heavy atom. The molecule has 0 unspecified atom stereocenters. The molecule has 0 aliphatic heterocycles. The number of nitrogens with zero attached hydrogens (tertiary/aromatic N) is 3. The molecule has 2 aromatic carbocycles. The summed E-state index contributed by atoms with van der Waals surface area (Å²) in [7, 11) is 0. The van der Waals surface area contributed by atoms with Gasteiger partial charge in [-0.05, 0) is 35.4 Å². The monoisotopic (exact) mass is 446 g/mol. The number of hydrogen-bond donors (Lipinski definition) is 1. The average molecular weight is 446 g/mol. The topological polar surface area (TPSA) is 67.8 Å². The van der Waals surface area contributed by atoms with Gasteiger partial charge in [0.2, 0.25) is 5.91 Å². The van der Waals surface area contributed by atoms with Gasteiger partial charge in [0.05, 0.1) is 5.56 Å². The number of halogens is 3.